The van der Waals surface area contributed by atoms with Crippen LogP contribution in [0.4, 0.5) is 33.7 Å². The van der Waals surface area contributed by atoms with Crippen LogP contribution in [0, 0.1) is 11.7 Å². The third-order valence-corrected chi connectivity index (χ3v) is 7.77. The van der Waals surface area contributed by atoms with E-state index in [1.807, 2.05) is 0 Å². The van der Waals surface area contributed by atoms with E-state index in [4.69, 9.17) is 0 Å². The Morgan fingerprint density at radius 3 is 2.26 bits per heavy atom. The molecule has 1 aliphatic heterocycles. The number of urea groups is 1. The number of hydrogen-bond donors (Lipinski definition) is 0. The SMILES string of the molecule is CC1CC12C(=O)N(c1ccc(S(=O)(=O)C(F)(F)F)cc1)C(=O)N2c1c(F)cnc2ccccc12. The first kappa shape index (κ1) is 22.3. The molecule has 2 heterocycles. The van der Waals surface area contributed by atoms with Gasteiger partial charge in [0.25, 0.3) is 15.7 Å². The maximum atomic E-state index is 15.0. The van der Waals surface area contributed by atoms with Crippen molar-refractivity contribution in [1.82, 2.24) is 4.98 Å². The first-order valence-electron chi connectivity index (χ1n) is 10.0. The van der Waals surface area contributed by atoms with Crippen LogP contribution in [0.25, 0.3) is 10.9 Å². The Labute approximate surface area is 190 Å². The average Bonchev–Trinajstić information content (AvgIpc) is 3.40. The van der Waals surface area contributed by atoms with E-state index in [0.717, 1.165) is 28.1 Å². The van der Waals surface area contributed by atoms with Crippen molar-refractivity contribution in [3.63, 3.8) is 0 Å². The maximum Gasteiger partial charge on any atom is 0.501 e. The Morgan fingerprint density at radius 1 is 1.06 bits per heavy atom. The van der Waals surface area contributed by atoms with Crippen LogP contribution in [0.1, 0.15) is 13.3 Å². The monoisotopic (exact) mass is 493 g/mol. The van der Waals surface area contributed by atoms with E-state index in [0.29, 0.717) is 23.0 Å². The van der Waals surface area contributed by atoms with Crippen molar-refractivity contribution in [2.45, 2.75) is 29.3 Å². The van der Waals surface area contributed by atoms with Gasteiger partial charge in [-0.2, -0.15) is 13.2 Å². The molecule has 2 fully saturated rings. The van der Waals surface area contributed by atoms with Crippen molar-refractivity contribution in [3.8, 4) is 0 Å². The molecule has 176 valence electrons. The molecule has 34 heavy (non-hydrogen) atoms. The quantitative estimate of drug-likeness (QED) is 0.398. The summed E-state index contributed by atoms with van der Waals surface area (Å²) < 4.78 is 76.9. The fourth-order valence-electron chi connectivity index (χ4n) is 4.43. The van der Waals surface area contributed by atoms with Crippen molar-refractivity contribution < 1.29 is 35.6 Å². The van der Waals surface area contributed by atoms with Crippen LogP contribution in [-0.4, -0.2) is 36.4 Å². The molecule has 3 amide bonds. The zero-order valence-corrected chi connectivity index (χ0v) is 18.2. The molecule has 1 aromatic heterocycles. The number of carbonyl (C=O) groups excluding carboxylic acids is 2. The minimum absolute atomic E-state index is 0.118. The van der Waals surface area contributed by atoms with E-state index in [-0.39, 0.29) is 23.7 Å². The Morgan fingerprint density at radius 2 is 1.68 bits per heavy atom. The maximum absolute atomic E-state index is 15.0. The number of rotatable bonds is 3. The summed E-state index contributed by atoms with van der Waals surface area (Å²) in [5, 5.41) is 0.315. The van der Waals surface area contributed by atoms with Crippen LogP contribution in [-0.2, 0) is 14.6 Å². The van der Waals surface area contributed by atoms with Gasteiger partial charge in [-0.05, 0) is 42.7 Å². The minimum Gasteiger partial charge on any atom is -0.274 e. The lowest BCUT2D eigenvalue weighted by Gasteiger charge is -2.24. The molecule has 0 N–H and O–H groups in total. The van der Waals surface area contributed by atoms with Crippen LogP contribution in [0.3, 0.4) is 0 Å². The van der Waals surface area contributed by atoms with Crippen molar-refractivity contribution in [1.29, 1.82) is 0 Å². The normalized spacial score (nSPS) is 22.8. The number of carbonyl (C=O) groups is 2. The molecule has 1 saturated carbocycles. The summed E-state index contributed by atoms with van der Waals surface area (Å²) in [4.78, 5) is 31.7. The summed E-state index contributed by atoms with van der Waals surface area (Å²) in [5.41, 5.74) is -6.71. The third-order valence-electron chi connectivity index (χ3n) is 6.26. The zero-order chi connectivity index (χ0) is 24.6. The number of anilines is 2. The van der Waals surface area contributed by atoms with E-state index in [1.54, 1.807) is 31.2 Å². The van der Waals surface area contributed by atoms with Gasteiger partial charge in [0.1, 0.15) is 5.54 Å². The number of pyridine rings is 1. The van der Waals surface area contributed by atoms with Gasteiger partial charge in [-0.3, -0.25) is 14.7 Å². The van der Waals surface area contributed by atoms with Crippen LogP contribution in [0.2, 0.25) is 0 Å². The molecule has 1 saturated heterocycles. The molecular formula is C22H15F4N3O4S. The summed E-state index contributed by atoms with van der Waals surface area (Å²) >= 11 is 0. The molecule has 1 aliphatic carbocycles. The number of sulfone groups is 1. The number of benzene rings is 2. The van der Waals surface area contributed by atoms with Gasteiger partial charge < -0.3 is 0 Å². The van der Waals surface area contributed by atoms with Gasteiger partial charge in [-0.15, -0.1) is 0 Å². The molecule has 2 unspecified atom stereocenters. The number of amides is 3. The van der Waals surface area contributed by atoms with Crippen LogP contribution >= 0.6 is 0 Å². The summed E-state index contributed by atoms with van der Waals surface area (Å²) in [6.07, 6.45) is 1.21. The van der Waals surface area contributed by atoms with Gasteiger partial charge in [0.05, 0.1) is 28.0 Å². The fraction of sp³-hybridized carbons (Fsp3) is 0.227. The largest absolute Gasteiger partial charge is 0.501 e. The second kappa shape index (κ2) is 6.98. The Balaban J connectivity index is 1.62. The standard InChI is InChI=1S/C22H15F4N3O4S/c1-12-10-21(12)19(30)28(13-6-8-14(9-7-13)34(32,33)22(24,25)26)20(31)29(21)18-15-4-2-3-5-17(15)27-11-16(18)23/h2-9,11-12H,10H2,1H3. The number of fused-ring (bicyclic) bond motifs is 1. The molecule has 0 radical (unpaired) electrons. The molecule has 2 aliphatic rings. The average molecular weight is 493 g/mol. The van der Waals surface area contributed by atoms with Crippen LogP contribution < -0.4 is 9.80 Å². The van der Waals surface area contributed by atoms with Gasteiger partial charge in [0.2, 0.25) is 0 Å². The van der Waals surface area contributed by atoms with Crippen molar-refractivity contribution in [3.05, 3.63) is 60.5 Å². The minimum atomic E-state index is -5.60. The number of nitrogens with zero attached hydrogens (tertiary/aromatic N) is 3. The molecule has 12 heteroatoms. The lowest BCUT2D eigenvalue weighted by Crippen LogP contribution is -2.39. The lowest BCUT2D eigenvalue weighted by molar-refractivity contribution is -0.119. The molecule has 1 spiro atoms. The number of para-hydroxylation sites is 1. The predicted octanol–water partition coefficient (Wildman–Crippen LogP) is 4.42. The smallest absolute Gasteiger partial charge is 0.274 e. The Kier molecular flexibility index (Phi) is 4.57. The Bertz CT molecular complexity index is 1470. The second-order valence-corrected chi connectivity index (χ2v) is 10.1. The first-order chi connectivity index (χ1) is 15.9. The molecule has 2 aromatic carbocycles. The molecule has 5 rings (SSSR count). The zero-order valence-electron chi connectivity index (χ0n) is 17.4. The number of hydrogen-bond acceptors (Lipinski definition) is 5. The van der Waals surface area contributed by atoms with Gasteiger partial charge >= 0.3 is 11.5 Å². The molecule has 7 nitrogen and oxygen atoms in total. The fourth-order valence-corrected chi connectivity index (χ4v) is 5.19. The van der Waals surface area contributed by atoms with Gasteiger partial charge in [0, 0.05) is 5.39 Å². The summed E-state index contributed by atoms with van der Waals surface area (Å²) in [6.45, 7) is 1.72. The highest BCUT2D eigenvalue weighted by atomic mass is 32.2. The molecule has 3 aromatic rings. The van der Waals surface area contributed by atoms with E-state index < -0.39 is 43.5 Å². The molecule has 2 atom stereocenters. The highest BCUT2D eigenvalue weighted by Crippen LogP contribution is 2.56. The highest BCUT2D eigenvalue weighted by molar-refractivity contribution is 7.92. The topological polar surface area (TPSA) is 87.7 Å². The van der Waals surface area contributed by atoms with E-state index >= 15 is 4.39 Å². The number of alkyl halides is 3. The van der Waals surface area contributed by atoms with Crippen molar-refractivity contribution in [2.75, 3.05) is 9.80 Å². The molecule has 0 bridgehead atoms. The third kappa shape index (κ3) is 2.87. The van der Waals surface area contributed by atoms with Crippen molar-refractivity contribution in [2.24, 2.45) is 5.92 Å². The van der Waals surface area contributed by atoms with Gasteiger partial charge in [-0.25, -0.2) is 22.5 Å². The van der Waals surface area contributed by atoms with E-state index in [1.165, 1.54) is 0 Å². The predicted molar refractivity (Wildman–Crippen MR) is 113 cm³/mol. The van der Waals surface area contributed by atoms with Crippen LogP contribution in [0.15, 0.2) is 59.6 Å². The molecular weight excluding hydrogens is 478 g/mol. The van der Waals surface area contributed by atoms with Crippen LogP contribution in [0.5, 0.6) is 0 Å². The second-order valence-electron chi connectivity index (χ2n) is 8.20. The summed E-state index contributed by atoms with van der Waals surface area (Å²) in [6, 6.07) is 8.86. The number of aromatic nitrogens is 1. The van der Waals surface area contributed by atoms with Gasteiger partial charge in [0.15, 0.2) is 5.82 Å². The van der Waals surface area contributed by atoms with Gasteiger partial charge in [-0.1, -0.05) is 25.1 Å². The summed E-state index contributed by atoms with van der Waals surface area (Å²) in [5.74, 6) is -1.80. The number of imide groups is 1. The first-order valence-corrected chi connectivity index (χ1v) is 11.5. The van der Waals surface area contributed by atoms with E-state index in [2.05, 4.69) is 4.98 Å². The summed E-state index contributed by atoms with van der Waals surface area (Å²) in [7, 11) is -5.60. The number of halogens is 4. The van der Waals surface area contributed by atoms with Crippen molar-refractivity contribution >= 4 is 44.1 Å². The highest BCUT2D eigenvalue weighted by Gasteiger charge is 2.71. The lowest BCUT2D eigenvalue weighted by atomic mass is 10.1. The van der Waals surface area contributed by atoms with E-state index in [9.17, 15) is 31.2 Å². The Hall–Kier alpha value is -3.54.